The number of ether oxygens (including phenoxy) is 3. The summed E-state index contributed by atoms with van der Waals surface area (Å²) in [6.45, 7) is 1.28. The van der Waals surface area contributed by atoms with Crippen molar-refractivity contribution in [3.63, 3.8) is 0 Å². The fourth-order valence-corrected chi connectivity index (χ4v) is 3.01. The summed E-state index contributed by atoms with van der Waals surface area (Å²) in [6, 6.07) is 12.3. The number of hydrogen-bond acceptors (Lipinski definition) is 5. The van der Waals surface area contributed by atoms with E-state index < -0.39 is 0 Å². The molecule has 3 rings (SSSR count). The molecule has 0 aromatic heterocycles. The molecule has 1 atom stereocenters. The van der Waals surface area contributed by atoms with Gasteiger partial charge in [-0.25, -0.2) is 0 Å². The average molecular weight is 384 g/mol. The molecule has 0 bridgehead atoms. The van der Waals surface area contributed by atoms with Crippen molar-refractivity contribution in [2.24, 2.45) is 5.92 Å². The number of fused-ring (bicyclic) bond motifs is 1. The number of carbonyl (C=O) groups is 2. The quantitative estimate of drug-likeness (QED) is 0.715. The molecule has 7 nitrogen and oxygen atoms in total. The smallest absolute Gasteiger partial charge is 0.255 e. The van der Waals surface area contributed by atoms with Gasteiger partial charge in [0, 0.05) is 24.9 Å². The molecule has 2 amide bonds. The molecule has 2 aromatic carbocycles. The molecule has 0 saturated heterocycles. The molecule has 0 radical (unpaired) electrons. The second kappa shape index (κ2) is 9.23. The summed E-state index contributed by atoms with van der Waals surface area (Å²) in [7, 11) is 3.17. The van der Waals surface area contributed by atoms with Crippen LogP contribution in [0.3, 0.4) is 0 Å². The number of nitrogens with one attached hydrogen (secondary N) is 2. The number of methoxy groups -OCH3 is 2. The highest BCUT2D eigenvalue weighted by molar-refractivity contribution is 6.04. The largest absolute Gasteiger partial charge is 0.497 e. The van der Waals surface area contributed by atoms with E-state index >= 15 is 0 Å². The van der Waals surface area contributed by atoms with Gasteiger partial charge in [-0.2, -0.15) is 0 Å². The van der Waals surface area contributed by atoms with Crippen molar-refractivity contribution in [3.05, 3.63) is 53.6 Å². The van der Waals surface area contributed by atoms with E-state index in [1.54, 1.807) is 44.6 Å². The van der Waals surface area contributed by atoms with Crippen molar-refractivity contribution in [1.29, 1.82) is 0 Å². The highest BCUT2D eigenvalue weighted by Crippen LogP contribution is 2.30. The monoisotopic (exact) mass is 384 g/mol. The van der Waals surface area contributed by atoms with Crippen molar-refractivity contribution in [2.75, 3.05) is 39.3 Å². The summed E-state index contributed by atoms with van der Waals surface area (Å²) in [5, 5.41) is 5.72. The Balaban J connectivity index is 1.65. The predicted octanol–water partition coefficient (Wildman–Crippen LogP) is 2.26. The highest BCUT2D eigenvalue weighted by atomic mass is 16.5. The summed E-state index contributed by atoms with van der Waals surface area (Å²) < 4.78 is 15.8. The molecule has 1 heterocycles. The van der Waals surface area contributed by atoms with Gasteiger partial charge in [-0.3, -0.25) is 9.59 Å². The maximum atomic E-state index is 12.4. The van der Waals surface area contributed by atoms with Gasteiger partial charge in [-0.1, -0.05) is 0 Å². The fourth-order valence-electron chi connectivity index (χ4n) is 3.01. The summed E-state index contributed by atoms with van der Waals surface area (Å²) in [4.78, 5) is 24.7. The van der Waals surface area contributed by atoms with Gasteiger partial charge in [0.15, 0.2) is 0 Å². The zero-order valence-electron chi connectivity index (χ0n) is 16.0. The molecule has 0 spiro atoms. The Kier molecular flexibility index (Phi) is 6.49. The summed E-state index contributed by atoms with van der Waals surface area (Å²) in [6.07, 6.45) is 0.556. The van der Waals surface area contributed by atoms with Crippen molar-refractivity contribution in [1.82, 2.24) is 5.32 Å². The normalized spacial score (nSPS) is 15.1. The average Bonchev–Trinajstić information content (AvgIpc) is 2.73. The van der Waals surface area contributed by atoms with Crippen LogP contribution < -0.4 is 20.1 Å². The first kappa shape index (κ1) is 19.7. The van der Waals surface area contributed by atoms with Gasteiger partial charge in [0.2, 0.25) is 5.91 Å². The maximum absolute atomic E-state index is 12.4. The first-order valence-electron chi connectivity index (χ1n) is 9.08. The van der Waals surface area contributed by atoms with Crippen molar-refractivity contribution in [3.8, 4) is 11.5 Å². The molecule has 2 N–H and O–H groups in total. The first-order valence-corrected chi connectivity index (χ1v) is 9.08. The van der Waals surface area contributed by atoms with Crippen LogP contribution in [0.1, 0.15) is 15.9 Å². The van der Waals surface area contributed by atoms with Crippen LogP contribution in [0, 0.1) is 5.92 Å². The molecule has 1 aliphatic rings. The van der Waals surface area contributed by atoms with Gasteiger partial charge in [0.05, 0.1) is 19.6 Å². The van der Waals surface area contributed by atoms with Gasteiger partial charge in [-0.15, -0.1) is 0 Å². The highest BCUT2D eigenvalue weighted by Gasteiger charge is 2.26. The molecule has 148 valence electrons. The van der Waals surface area contributed by atoms with E-state index in [0.29, 0.717) is 43.2 Å². The van der Waals surface area contributed by atoms with Crippen LogP contribution in [0.15, 0.2) is 42.5 Å². The van der Waals surface area contributed by atoms with E-state index in [4.69, 9.17) is 14.2 Å². The van der Waals surface area contributed by atoms with Crippen LogP contribution in [0.2, 0.25) is 0 Å². The van der Waals surface area contributed by atoms with Crippen LogP contribution in [-0.2, 0) is 16.0 Å². The topological polar surface area (TPSA) is 85.9 Å². The maximum Gasteiger partial charge on any atom is 0.255 e. The molecule has 28 heavy (non-hydrogen) atoms. The number of amides is 2. The Labute approximate surface area is 164 Å². The third-order valence-electron chi connectivity index (χ3n) is 4.55. The lowest BCUT2D eigenvalue weighted by Crippen LogP contribution is -2.38. The third kappa shape index (κ3) is 4.80. The zero-order valence-corrected chi connectivity index (χ0v) is 16.0. The lowest BCUT2D eigenvalue weighted by Gasteiger charge is -2.25. The van der Waals surface area contributed by atoms with Crippen LogP contribution in [0.4, 0.5) is 5.69 Å². The van der Waals surface area contributed by atoms with E-state index in [1.807, 2.05) is 12.1 Å². The summed E-state index contributed by atoms with van der Waals surface area (Å²) in [5.74, 6) is 0.890. The van der Waals surface area contributed by atoms with Gasteiger partial charge in [0.25, 0.3) is 5.91 Å². The lowest BCUT2D eigenvalue weighted by molar-refractivity contribution is -0.126. The minimum Gasteiger partial charge on any atom is -0.497 e. The fraction of sp³-hybridized carbons (Fsp3) is 0.333. The van der Waals surface area contributed by atoms with Gasteiger partial charge >= 0.3 is 0 Å². The van der Waals surface area contributed by atoms with E-state index in [0.717, 1.165) is 11.3 Å². The Morgan fingerprint density at radius 3 is 2.64 bits per heavy atom. The minimum absolute atomic E-state index is 0.0598. The Morgan fingerprint density at radius 2 is 1.93 bits per heavy atom. The minimum atomic E-state index is -0.267. The standard InChI is InChI=1S/C21H24N2O5/c1-26-10-9-22-20(24)16-11-15-12-17(5-8-19(15)28-13-16)23-21(25)14-3-6-18(27-2)7-4-14/h3-8,12,16H,9-11,13H2,1-2H3,(H,22,24)(H,23,25). The number of rotatable bonds is 7. The van der Waals surface area contributed by atoms with Gasteiger partial charge in [-0.05, 0) is 54.4 Å². The number of carbonyl (C=O) groups excluding carboxylic acids is 2. The van der Waals surface area contributed by atoms with E-state index in [-0.39, 0.29) is 17.7 Å². The van der Waals surface area contributed by atoms with Crippen LogP contribution in [-0.4, -0.2) is 45.8 Å². The lowest BCUT2D eigenvalue weighted by atomic mass is 9.95. The second-order valence-electron chi connectivity index (χ2n) is 6.50. The van der Waals surface area contributed by atoms with E-state index in [9.17, 15) is 9.59 Å². The van der Waals surface area contributed by atoms with Crippen molar-refractivity contribution < 1.29 is 23.8 Å². The number of anilines is 1. The van der Waals surface area contributed by atoms with Crippen LogP contribution >= 0.6 is 0 Å². The molecule has 0 aliphatic carbocycles. The van der Waals surface area contributed by atoms with Gasteiger partial charge in [0.1, 0.15) is 18.1 Å². The molecular weight excluding hydrogens is 360 g/mol. The predicted molar refractivity (Wildman–Crippen MR) is 105 cm³/mol. The molecular formula is C21H24N2O5. The molecule has 0 saturated carbocycles. The van der Waals surface area contributed by atoms with Crippen LogP contribution in [0.25, 0.3) is 0 Å². The van der Waals surface area contributed by atoms with Gasteiger partial charge < -0.3 is 24.8 Å². The molecule has 0 fully saturated rings. The Hall–Kier alpha value is -3.06. The number of hydrogen-bond donors (Lipinski definition) is 2. The SMILES string of the molecule is COCCNC(=O)C1COc2ccc(NC(=O)c3ccc(OC)cc3)cc2C1. The van der Waals surface area contributed by atoms with Crippen LogP contribution in [0.5, 0.6) is 11.5 Å². The molecule has 1 unspecified atom stereocenters. The van der Waals surface area contributed by atoms with E-state index in [1.165, 1.54) is 0 Å². The molecule has 1 aliphatic heterocycles. The molecule has 7 heteroatoms. The first-order chi connectivity index (χ1) is 13.6. The summed E-state index contributed by atoms with van der Waals surface area (Å²) >= 11 is 0. The zero-order chi connectivity index (χ0) is 19.9. The molecule has 2 aromatic rings. The number of benzene rings is 2. The third-order valence-corrected chi connectivity index (χ3v) is 4.55. The Morgan fingerprint density at radius 1 is 1.14 bits per heavy atom. The Bertz CT molecular complexity index is 835. The van der Waals surface area contributed by atoms with E-state index in [2.05, 4.69) is 10.6 Å². The second-order valence-corrected chi connectivity index (χ2v) is 6.50. The van der Waals surface area contributed by atoms with Crippen molar-refractivity contribution in [2.45, 2.75) is 6.42 Å². The summed E-state index contributed by atoms with van der Waals surface area (Å²) in [5.41, 5.74) is 2.08. The van der Waals surface area contributed by atoms with Crippen molar-refractivity contribution >= 4 is 17.5 Å².